The van der Waals surface area contributed by atoms with Crippen LogP contribution in [0, 0.1) is 0 Å². The third kappa shape index (κ3) is 4.77. The molecule has 33 heavy (non-hydrogen) atoms. The van der Waals surface area contributed by atoms with E-state index in [2.05, 4.69) is 15.4 Å². The van der Waals surface area contributed by atoms with Crippen molar-refractivity contribution in [3.63, 3.8) is 0 Å². The van der Waals surface area contributed by atoms with Crippen LogP contribution in [0.1, 0.15) is 18.4 Å². The Morgan fingerprint density at radius 1 is 1.18 bits per heavy atom. The van der Waals surface area contributed by atoms with E-state index in [4.69, 9.17) is 23.1 Å². The van der Waals surface area contributed by atoms with Gasteiger partial charge in [-0.15, -0.1) is 5.10 Å². The molecule has 13 heteroatoms. The van der Waals surface area contributed by atoms with Crippen LogP contribution in [0.5, 0.6) is 0 Å². The van der Waals surface area contributed by atoms with Crippen molar-refractivity contribution < 1.29 is 21.6 Å². The molecule has 1 aromatic heterocycles. The number of nitrogens with one attached hydrogen (secondary N) is 1. The van der Waals surface area contributed by atoms with Crippen LogP contribution in [0.4, 0.5) is 25.1 Å². The molecule has 176 valence electrons. The summed E-state index contributed by atoms with van der Waals surface area (Å²) in [5.74, 6) is -0.473. The first kappa shape index (κ1) is 23.3. The van der Waals surface area contributed by atoms with Crippen molar-refractivity contribution in [1.29, 1.82) is 0 Å². The smallest absolute Gasteiger partial charge is 0.368 e. The number of aromatic nitrogens is 3. The van der Waals surface area contributed by atoms with Crippen LogP contribution in [0.25, 0.3) is 16.8 Å². The molecule has 0 unspecified atom stereocenters. The number of nitrogen functional groups attached to an aromatic ring is 2. The van der Waals surface area contributed by atoms with Gasteiger partial charge in [0.05, 0.1) is 26.9 Å². The quantitative estimate of drug-likeness (QED) is 0.490. The van der Waals surface area contributed by atoms with E-state index in [0.717, 1.165) is 30.1 Å². The van der Waals surface area contributed by atoms with Crippen molar-refractivity contribution in [2.45, 2.75) is 30.0 Å². The lowest BCUT2D eigenvalue weighted by molar-refractivity contribution is -0.137. The lowest BCUT2D eigenvalue weighted by atomic mass is 9.98. The number of halogens is 4. The minimum atomic E-state index is -4.77. The Kier molecular flexibility index (Phi) is 6.01. The Bertz CT molecular complexity index is 1290. The van der Waals surface area contributed by atoms with E-state index < -0.39 is 21.6 Å². The van der Waals surface area contributed by atoms with Gasteiger partial charge in [0, 0.05) is 11.6 Å². The Morgan fingerprint density at radius 3 is 2.42 bits per heavy atom. The molecular formula is C20H20ClF3N6O2S. The summed E-state index contributed by atoms with van der Waals surface area (Å²) in [6.45, 7) is 0.765. The summed E-state index contributed by atoms with van der Waals surface area (Å²) >= 11 is 6.27. The summed E-state index contributed by atoms with van der Waals surface area (Å²) in [6.07, 6.45) is -3.11. The highest BCUT2D eigenvalue weighted by Gasteiger charge is 2.36. The molecule has 0 spiro atoms. The summed E-state index contributed by atoms with van der Waals surface area (Å²) in [5, 5.41) is 6.69. The molecule has 0 aliphatic carbocycles. The normalized spacial score (nSPS) is 16.9. The molecule has 0 bridgehead atoms. The van der Waals surface area contributed by atoms with Crippen molar-refractivity contribution in [1.82, 2.24) is 20.1 Å². The second kappa shape index (κ2) is 8.50. The van der Waals surface area contributed by atoms with Gasteiger partial charge in [0.25, 0.3) is 0 Å². The minimum Gasteiger partial charge on any atom is -0.368 e. The van der Waals surface area contributed by atoms with Gasteiger partial charge in [0.15, 0.2) is 9.84 Å². The molecule has 1 fully saturated rings. The van der Waals surface area contributed by atoms with Gasteiger partial charge in [0.2, 0.25) is 11.9 Å². The standard InChI is InChI=1S/C20H20ClF3N6O2S/c21-16-9-13(30-19(26)28-18(25)29-30)8-15(20(22,23)24)17(16)11-3-5-14(6-4-11)33(31,32)10-12-2-1-7-27-12/h3-6,8-9,12,27H,1-2,7,10H2,(H4,25,26,28,29)/t12-/m0/s1. The Labute approximate surface area is 192 Å². The zero-order chi connectivity index (χ0) is 24.0. The fraction of sp³-hybridized carbons (Fsp3) is 0.300. The van der Waals surface area contributed by atoms with Gasteiger partial charge < -0.3 is 16.8 Å². The maximum atomic E-state index is 13.9. The number of rotatable bonds is 5. The first-order valence-corrected chi connectivity index (χ1v) is 11.9. The molecule has 1 saturated heterocycles. The average Bonchev–Trinajstić information content (AvgIpc) is 3.35. The zero-order valence-corrected chi connectivity index (χ0v) is 18.7. The lowest BCUT2D eigenvalue weighted by Crippen LogP contribution is -2.29. The number of alkyl halides is 3. The molecule has 4 rings (SSSR count). The van der Waals surface area contributed by atoms with Gasteiger partial charge in [0.1, 0.15) is 0 Å². The number of hydrogen-bond acceptors (Lipinski definition) is 7. The monoisotopic (exact) mass is 500 g/mol. The van der Waals surface area contributed by atoms with Crippen LogP contribution < -0.4 is 16.8 Å². The predicted molar refractivity (Wildman–Crippen MR) is 119 cm³/mol. The van der Waals surface area contributed by atoms with Gasteiger partial charge in [-0.25, -0.2) is 8.42 Å². The number of benzene rings is 2. The maximum Gasteiger partial charge on any atom is 0.417 e. The first-order valence-electron chi connectivity index (χ1n) is 9.91. The van der Waals surface area contributed by atoms with Crippen molar-refractivity contribution in [3.8, 4) is 16.8 Å². The fourth-order valence-electron chi connectivity index (χ4n) is 3.85. The van der Waals surface area contributed by atoms with Crippen LogP contribution in [0.2, 0.25) is 5.02 Å². The molecule has 3 aromatic rings. The van der Waals surface area contributed by atoms with Crippen LogP contribution in [0.3, 0.4) is 0 Å². The SMILES string of the molecule is Nc1nc(N)n(-c2cc(Cl)c(-c3ccc(S(=O)(=O)C[C@@H]4CCCN4)cc3)c(C(F)(F)F)c2)n1. The fourth-order valence-corrected chi connectivity index (χ4v) is 5.73. The maximum absolute atomic E-state index is 13.9. The molecule has 1 aliphatic heterocycles. The van der Waals surface area contributed by atoms with Crippen molar-refractivity contribution in [3.05, 3.63) is 47.0 Å². The van der Waals surface area contributed by atoms with Gasteiger partial charge in [-0.1, -0.05) is 23.7 Å². The third-order valence-electron chi connectivity index (χ3n) is 5.36. The third-order valence-corrected chi connectivity index (χ3v) is 7.49. The molecular weight excluding hydrogens is 481 g/mol. The van der Waals surface area contributed by atoms with E-state index >= 15 is 0 Å². The average molecular weight is 501 g/mol. The topological polar surface area (TPSA) is 129 Å². The number of nitrogens with two attached hydrogens (primary N) is 2. The van der Waals surface area contributed by atoms with Crippen molar-refractivity contribution in [2.75, 3.05) is 23.8 Å². The van der Waals surface area contributed by atoms with Crippen LogP contribution in [-0.4, -0.2) is 41.5 Å². The number of nitrogens with zero attached hydrogens (tertiary/aromatic N) is 3. The van der Waals surface area contributed by atoms with E-state index in [1.165, 1.54) is 30.3 Å². The second-order valence-electron chi connectivity index (χ2n) is 7.69. The lowest BCUT2D eigenvalue weighted by Gasteiger charge is -2.17. The molecule has 0 saturated carbocycles. The Hall–Kier alpha value is -2.83. The number of sulfone groups is 1. The number of hydrogen-bond donors (Lipinski definition) is 3. The highest BCUT2D eigenvalue weighted by atomic mass is 35.5. The van der Waals surface area contributed by atoms with Gasteiger partial charge >= 0.3 is 6.18 Å². The minimum absolute atomic E-state index is 0.0344. The van der Waals surface area contributed by atoms with E-state index in [1.807, 2.05) is 0 Å². The molecule has 8 nitrogen and oxygen atoms in total. The van der Waals surface area contributed by atoms with Crippen molar-refractivity contribution >= 4 is 33.3 Å². The Morgan fingerprint density at radius 2 is 1.88 bits per heavy atom. The van der Waals surface area contributed by atoms with E-state index in [-0.39, 0.29) is 50.4 Å². The molecule has 0 radical (unpaired) electrons. The summed E-state index contributed by atoms with van der Waals surface area (Å²) in [4.78, 5) is 3.71. The highest BCUT2D eigenvalue weighted by molar-refractivity contribution is 7.91. The largest absolute Gasteiger partial charge is 0.417 e. The molecule has 0 amide bonds. The van der Waals surface area contributed by atoms with Crippen LogP contribution >= 0.6 is 11.6 Å². The molecule has 5 N–H and O–H groups in total. The van der Waals surface area contributed by atoms with E-state index in [0.29, 0.717) is 0 Å². The predicted octanol–water partition coefficient (Wildman–Crippen LogP) is 3.30. The summed E-state index contributed by atoms with van der Waals surface area (Å²) < 4.78 is 68.2. The first-order chi connectivity index (χ1) is 15.5. The molecule has 1 atom stereocenters. The van der Waals surface area contributed by atoms with E-state index in [9.17, 15) is 21.6 Å². The number of anilines is 2. The highest BCUT2D eigenvalue weighted by Crippen LogP contribution is 2.42. The summed E-state index contributed by atoms with van der Waals surface area (Å²) in [7, 11) is -3.60. The summed E-state index contributed by atoms with van der Waals surface area (Å²) in [5.41, 5.74) is 9.86. The molecule has 2 aromatic carbocycles. The van der Waals surface area contributed by atoms with Gasteiger partial charge in [-0.05, 0) is 49.2 Å². The molecule has 2 heterocycles. The van der Waals surface area contributed by atoms with Gasteiger partial charge in [-0.2, -0.15) is 22.8 Å². The molecule has 1 aliphatic rings. The van der Waals surface area contributed by atoms with E-state index in [1.54, 1.807) is 0 Å². The zero-order valence-electron chi connectivity index (χ0n) is 17.1. The van der Waals surface area contributed by atoms with Crippen LogP contribution in [-0.2, 0) is 16.0 Å². The van der Waals surface area contributed by atoms with Crippen molar-refractivity contribution in [2.24, 2.45) is 0 Å². The second-order valence-corrected chi connectivity index (χ2v) is 10.1. The van der Waals surface area contributed by atoms with Crippen LogP contribution in [0.15, 0.2) is 41.3 Å². The summed E-state index contributed by atoms with van der Waals surface area (Å²) in [6, 6.07) is 7.17. The van der Waals surface area contributed by atoms with Gasteiger partial charge in [-0.3, -0.25) is 0 Å². The Balaban J connectivity index is 1.74.